The number of halogens is 2. The molecule has 4 nitrogen and oxygen atoms in total. The van der Waals surface area contributed by atoms with Crippen LogP contribution in [0.15, 0.2) is 9.85 Å². The van der Waals surface area contributed by atoms with E-state index in [1.807, 2.05) is 4.90 Å². The van der Waals surface area contributed by atoms with Gasteiger partial charge in [0.25, 0.3) is 5.91 Å². The fraction of sp³-hybridized carbons (Fsp3) is 0.583. The molecule has 0 bridgehead atoms. The van der Waals surface area contributed by atoms with E-state index in [0.717, 1.165) is 29.6 Å². The second-order valence-corrected chi connectivity index (χ2v) is 6.71. The fourth-order valence-electron chi connectivity index (χ4n) is 2.25. The quantitative estimate of drug-likeness (QED) is 0.891. The van der Waals surface area contributed by atoms with Crippen LogP contribution in [0.5, 0.6) is 5.75 Å². The molecule has 108 valence electrons. The van der Waals surface area contributed by atoms with Gasteiger partial charge < -0.3 is 15.4 Å². The molecule has 19 heavy (non-hydrogen) atoms. The topological polar surface area (TPSA) is 55.6 Å². The van der Waals surface area contributed by atoms with Crippen molar-refractivity contribution in [2.75, 3.05) is 20.2 Å². The second kappa shape index (κ2) is 7.47. The van der Waals surface area contributed by atoms with Crippen LogP contribution in [0.1, 0.15) is 28.9 Å². The first-order valence-electron chi connectivity index (χ1n) is 6.01. The van der Waals surface area contributed by atoms with E-state index in [1.165, 1.54) is 11.3 Å². The first kappa shape index (κ1) is 16.8. The number of carbonyl (C=O) groups excluding carboxylic acids is 1. The standard InChI is InChI=1S/C12H17BrN2O2S.ClH/c1-17-9-6-10(18-11(9)13)12(16)15-5-3-2-4-8(15)7-14;/h6,8H,2-5,7,14H2,1H3;1H. The summed E-state index contributed by atoms with van der Waals surface area (Å²) >= 11 is 4.81. The maximum Gasteiger partial charge on any atom is 0.264 e. The summed E-state index contributed by atoms with van der Waals surface area (Å²) in [7, 11) is 1.60. The Labute approximate surface area is 131 Å². The second-order valence-electron chi connectivity index (χ2n) is 4.34. The van der Waals surface area contributed by atoms with Crippen LogP contribution < -0.4 is 10.5 Å². The molecule has 0 saturated carbocycles. The van der Waals surface area contributed by atoms with Crippen LogP contribution >= 0.6 is 39.7 Å². The monoisotopic (exact) mass is 368 g/mol. The van der Waals surface area contributed by atoms with Gasteiger partial charge in [0, 0.05) is 25.2 Å². The van der Waals surface area contributed by atoms with Crippen molar-refractivity contribution >= 4 is 45.6 Å². The summed E-state index contributed by atoms with van der Waals surface area (Å²) in [5.41, 5.74) is 5.75. The summed E-state index contributed by atoms with van der Waals surface area (Å²) in [6.07, 6.45) is 3.22. The molecule has 1 saturated heterocycles. The van der Waals surface area contributed by atoms with E-state index in [4.69, 9.17) is 10.5 Å². The van der Waals surface area contributed by atoms with Gasteiger partial charge >= 0.3 is 0 Å². The van der Waals surface area contributed by atoms with Gasteiger partial charge in [-0.15, -0.1) is 23.7 Å². The van der Waals surface area contributed by atoms with Crippen molar-refractivity contribution in [3.63, 3.8) is 0 Å². The predicted octanol–water partition coefficient (Wildman–Crippen LogP) is 2.89. The molecule has 0 aromatic carbocycles. The Morgan fingerprint density at radius 3 is 2.95 bits per heavy atom. The van der Waals surface area contributed by atoms with Crippen LogP contribution in [-0.2, 0) is 0 Å². The molecule has 1 aliphatic rings. The van der Waals surface area contributed by atoms with Crippen LogP contribution in [-0.4, -0.2) is 37.0 Å². The normalized spacial score (nSPS) is 18.9. The molecular formula is C12H18BrClN2O2S. The number of methoxy groups -OCH3 is 1. The molecular weight excluding hydrogens is 352 g/mol. The molecule has 1 amide bonds. The lowest BCUT2D eigenvalue weighted by atomic mass is 10.0. The smallest absolute Gasteiger partial charge is 0.264 e. The third kappa shape index (κ3) is 3.62. The lowest BCUT2D eigenvalue weighted by molar-refractivity contribution is 0.0628. The van der Waals surface area contributed by atoms with Crippen molar-refractivity contribution in [2.24, 2.45) is 5.73 Å². The zero-order valence-corrected chi connectivity index (χ0v) is 13.9. The number of nitrogens with zero attached hydrogens (tertiary/aromatic N) is 1. The fourth-order valence-corrected chi connectivity index (χ4v) is 3.86. The maximum atomic E-state index is 12.5. The molecule has 2 rings (SSSR count). The Balaban J connectivity index is 0.00000180. The average Bonchev–Trinajstić information content (AvgIpc) is 2.79. The summed E-state index contributed by atoms with van der Waals surface area (Å²) in [5.74, 6) is 0.781. The predicted molar refractivity (Wildman–Crippen MR) is 83.5 cm³/mol. The minimum absolute atomic E-state index is 0. The first-order valence-corrected chi connectivity index (χ1v) is 7.62. The third-order valence-corrected chi connectivity index (χ3v) is 5.02. The number of nitrogens with two attached hydrogens (primary N) is 1. The number of amides is 1. The number of hydrogen-bond donors (Lipinski definition) is 1. The van der Waals surface area contributed by atoms with E-state index in [-0.39, 0.29) is 24.4 Å². The third-order valence-electron chi connectivity index (χ3n) is 3.25. The lowest BCUT2D eigenvalue weighted by Crippen LogP contribution is -2.47. The Morgan fingerprint density at radius 2 is 2.37 bits per heavy atom. The molecule has 0 spiro atoms. The molecule has 0 radical (unpaired) electrons. The number of ether oxygens (including phenoxy) is 1. The van der Waals surface area contributed by atoms with Crippen molar-refractivity contribution < 1.29 is 9.53 Å². The molecule has 2 N–H and O–H groups in total. The van der Waals surface area contributed by atoms with Gasteiger partial charge in [0.1, 0.15) is 9.54 Å². The molecule has 1 aliphatic heterocycles. The van der Waals surface area contributed by atoms with E-state index in [2.05, 4.69) is 15.9 Å². The molecule has 1 aromatic rings. The summed E-state index contributed by atoms with van der Waals surface area (Å²) < 4.78 is 6.04. The van der Waals surface area contributed by atoms with Crippen molar-refractivity contribution in [3.8, 4) is 5.75 Å². The lowest BCUT2D eigenvalue weighted by Gasteiger charge is -2.34. The van der Waals surface area contributed by atoms with E-state index < -0.39 is 0 Å². The Hall–Kier alpha value is -0.300. The first-order chi connectivity index (χ1) is 8.67. The van der Waals surface area contributed by atoms with Crippen LogP contribution in [0, 0.1) is 0 Å². The SMILES string of the molecule is COc1cc(C(=O)N2CCCCC2CN)sc1Br.Cl. The number of likely N-dealkylation sites (tertiary alicyclic amines) is 1. The van der Waals surface area contributed by atoms with E-state index in [1.54, 1.807) is 13.2 Å². The van der Waals surface area contributed by atoms with E-state index in [0.29, 0.717) is 17.2 Å². The van der Waals surface area contributed by atoms with Gasteiger partial charge in [0.15, 0.2) is 0 Å². The Bertz CT molecular complexity index is 441. The molecule has 1 aromatic heterocycles. The van der Waals surface area contributed by atoms with Crippen molar-refractivity contribution in [3.05, 3.63) is 14.7 Å². The van der Waals surface area contributed by atoms with Crippen molar-refractivity contribution in [2.45, 2.75) is 25.3 Å². The highest BCUT2D eigenvalue weighted by Crippen LogP contribution is 2.35. The average molecular weight is 370 g/mol. The summed E-state index contributed by atoms with van der Waals surface area (Å²) in [6, 6.07) is 1.97. The number of carbonyl (C=O) groups is 1. The molecule has 1 fully saturated rings. The van der Waals surface area contributed by atoms with Gasteiger partial charge in [0.2, 0.25) is 0 Å². The molecule has 1 unspecified atom stereocenters. The highest BCUT2D eigenvalue weighted by atomic mass is 79.9. The highest BCUT2D eigenvalue weighted by Gasteiger charge is 2.28. The molecule has 0 aliphatic carbocycles. The number of thiophene rings is 1. The number of rotatable bonds is 3. The van der Waals surface area contributed by atoms with Crippen molar-refractivity contribution in [1.82, 2.24) is 4.90 Å². The Morgan fingerprint density at radius 1 is 1.63 bits per heavy atom. The number of hydrogen-bond acceptors (Lipinski definition) is 4. The molecule has 7 heteroatoms. The minimum atomic E-state index is 0. The summed E-state index contributed by atoms with van der Waals surface area (Å²) in [6.45, 7) is 1.34. The van der Waals surface area contributed by atoms with Crippen LogP contribution in [0.4, 0.5) is 0 Å². The van der Waals surface area contributed by atoms with Crippen LogP contribution in [0.3, 0.4) is 0 Å². The maximum absolute atomic E-state index is 12.5. The zero-order chi connectivity index (χ0) is 13.1. The van der Waals surface area contributed by atoms with Gasteiger partial charge in [-0.05, 0) is 35.2 Å². The number of piperidine rings is 1. The van der Waals surface area contributed by atoms with Gasteiger partial charge in [0.05, 0.1) is 12.0 Å². The van der Waals surface area contributed by atoms with Gasteiger partial charge in [-0.1, -0.05) is 0 Å². The van der Waals surface area contributed by atoms with Gasteiger partial charge in [-0.3, -0.25) is 4.79 Å². The largest absolute Gasteiger partial charge is 0.495 e. The molecule has 1 atom stereocenters. The van der Waals surface area contributed by atoms with Gasteiger partial charge in [-0.2, -0.15) is 0 Å². The van der Waals surface area contributed by atoms with Crippen LogP contribution in [0.25, 0.3) is 0 Å². The minimum Gasteiger partial charge on any atom is -0.495 e. The summed E-state index contributed by atoms with van der Waals surface area (Å²) in [5, 5.41) is 0. The van der Waals surface area contributed by atoms with Crippen molar-refractivity contribution in [1.29, 1.82) is 0 Å². The van der Waals surface area contributed by atoms with Gasteiger partial charge in [-0.25, -0.2) is 0 Å². The van der Waals surface area contributed by atoms with E-state index >= 15 is 0 Å². The Kier molecular flexibility index (Phi) is 6.59. The summed E-state index contributed by atoms with van der Waals surface area (Å²) in [4.78, 5) is 15.1. The zero-order valence-electron chi connectivity index (χ0n) is 10.7. The van der Waals surface area contributed by atoms with E-state index in [9.17, 15) is 4.79 Å². The molecule has 2 heterocycles. The highest BCUT2D eigenvalue weighted by molar-refractivity contribution is 9.11. The van der Waals surface area contributed by atoms with Crippen LogP contribution in [0.2, 0.25) is 0 Å².